The van der Waals surface area contributed by atoms with Gasteiger partial charge in [0.25, 0.3) is 0 Å². The Kier molecular flexibility index (Phi) is 2.85. The molecule has 0 amide bonds. The predicted octanol–water partition coefficient (Wildman–Crippen LogP) is 3.57. The van der Waals surface area contributed by atoms with E-state index in [9.17, 15) is 8.78 Å². The molecule has 3 heterocycles. The molecule has 0 spiro atoms. The van der Waals surface area contributed by atoms with Gasteiger partial charge in [0.2, 0.25) is 0 Å². The first kappa shape index (κ1) is 13.2. The van der Waals surface area contributed by atoms with E-state index >= 15 is 0 Å². The zero-order chi connectivity index (χ0) is 15.3. The topological polar surface area (TPSA) is 53.6 Å². The van der Waals surface area contributed by atoms with Crippen LogP contribution in [0.3, 0.4) is 0 Å². The average Bonchev–Trinajstić information content (AvgIpc) is 2.90. The second-order valence-electron chi connectivity index (χ2n) is 5.56. The number of hydrogen-bond donors (Lipinski definition) is 2. The largest absolute Gasteiger partial charge is 0.383 e. The number of anilines is 1. The number of H-pyrrole nitrogens is 1. The molecule has 4 rings (SSSR count). The van der Waals surface area contributed by atoms with Crippen molar-refractivity contribution in [2.45, 2.75) is 19.8 Å². The van der Waals surface area contributed by atoms with Crippen molar-refractivity contribution in [1.29, 1.82) is 0 Å². The highest BCUT2D eigenvalue weighted by molar-refractivity contribution is 5.92. The van der Waals surface area contributed by atoms with E-state index < -0.39 is 11.6 Å². The molecule has 0 unspecified atom stereocenters. The molecule has 0 atom stereocenters. The molecule has 0 radical (unpaired) electrons. The third-order valence-electron chi connectivity index (χ3n) is 4.03. The van der Waals surface area contributed by atoms with Gasteiger partial charge < -0.3 is 5.32 Å². The second kappa shape index (κ2) is 4.76. The summed E-state index contributed by atoms with van der Waals surface area (Å²) in [7, 11) is 0. The van der Waals surface area contributed by atoms with Crippen molar-refractivity contribution in [3.05, 3.63) is 41.1 Å². The SMILES string of the molecule is Cc1cc(-c2n[nH]c3cc(F)c(F)cc23)nc2c1NCCC2. The number of fused-ring (bicyclic) bond motifs is 2. The van der Waals surface area contributed by atoms with Gasteiger partial charge in [-0.05, 0) is 37.5 Å². The maximum atomic E-state index is 13.5. The minimum atomic E-state index is -0.888. The fourth-order valence-electron chi connectivity index (χ4n) is 2.96. The molecule has 1 aliphatic heterocycles. The molecular weight excluding hydrogens is 286 g/mol. The third-order valence-corrected chi connectivity index (χ3v) is 4.03. The molecule has 2 N–H and O–H groups in total. The lowest BCUT2D eigenvalue weighted by Gasteiger charge is -2.20. The summed E-state index contributed by atoms with van der Waals surface area (Å²) in [5.74, 6) is -1.77. The monoisotopic (exact) mass is 300 g/mol. The molecule has 2 aromatic heterocycles. The van der Waals surface area contributed by atoms with Crippen LogP contribution in [0.4, 0.5) is 14.5 Å². The van der Waals surface area contributed by atoms with E-state index in [-0.39, 0.29) is 0 Å². The van der Waals surface area contributed by atoms with Gasteiger partial charge in [-0.2, -0.15) is 5.10 Å². The van der Waals surface area contributed by atoms with Crippen molar-refractivity contribution < 1.29 is 8.78 Å². The fourth-order valence-corrected chi connectivity index (χ4v) is 2.96. The maximum absolute atomic E-state index is 13.5. The predicted molar refractivity (Wildman–Crippen MR) is 80.8 cm³/mol. The summed E-state index contributed by atoms with van der Waals surface area (Å²) in [6, 6.07) is 4.21. The highest BCUT2D eigenvalue weighted by atomic mass is 19.2. The van der Waals surface area contributed by atoms with Gasteiger partial charge in [0.1, 0.15) is 5.69 Å². The highest BCUT2D eigenvalue weighted by Gasteiger charge is 2.18. The average molecular weight is 300 g/mol. The standard InChI is InChI=1S/C16H14F2N4/c1-8-5-14(20-12-3-2-4-19-15(8)12)16-9-6-10(17)11(18)7-13(9)21-22-16/h5-7,19H,2-4H2,1H3,(H,21,22). The van der Waals surface area contributed by atoms with E-state index in [4.69, 9.17) is 0 Å². The normalized spacial score (nSPS) is 14.0. The number of hydrogen-bond acceptors (Lipinski definition) is 3. The molecule has 22 heavy (non-hydrogen) atoms. The van der Waals surface area contributed by atoms with Gasteiger partial charge in [0.15, 0.2) is 11.6 Å². The molecule has 0 saturated carbocycles. The molecule has 1 aromatic carbocycles. The summed E-state index contributed by atoms with van der Waals surface area (Å²) in [4.78, 5) is 4.66. The van der Waals surface area contributed by atoms with Crippen LogP contribution in [0.15, 0.2) is 18.2 Å². The summed E-state index contributed by atoms with van der Waals surface area (Å²) in [5, 5.41) is 10.8. The molecule has 6 heteroatoms. The number of rotatable bonds is 1. The van der Waals surface area contributed by atoms with Crippen molar-refractivity contribution in [3.63, 3.8) is 0 Å². The van der Waals surface area contributed by atoms with Gasteiger partial charge in [0, 0.05) is 18.0 Å². The second-order valence-corrected chi connectivity index (χ2v) is 5.56. The zero-order valence-corrected chi connectivity index (χ0v) is 12.0. The van der Waals surface area contributed by atoms with E-state index in [1.54, 1.807) is 0 Å². The van der Waals surface area contributed by atoms with Crippen molar-refractivity contribution >= 4 is 16.6 Å². The molecule has 1 aliphatic rings. The molecule has 112 valence electrons. The highest BCUT2D eigenvalue weighted by Crippen LogP contribution is 2.31. The number of benzene rings is 1. The Morgan fingerprint density at radius 3 is 2.82 bits per heavy atom. The summed E-state index contributed by atoms with van der Waals surface area (Å²) >= 11 is 0. The number of pyridine rings is 1. The van der Waals surface area contributed by atoms with Crippen molar-refractivity contribution in [2.24, 2.45) is 0 Å². The molecule has 0 fully saturated rings. The smallest absolute Gasteiger partial charge is 0.160 e. The van der Waals surface area contributed by atoms with Gasteiger partial charge in [-0.15, -0.1) is 0 Å². The van der Waals surface area contributed by atoms with Crippen LogP contribution in [0.2, 0.25) is 0 Å². The van der Waals surface area contributed by atoms with Crippen LogP contribution in [0.25, 0.3) is 22.3 Å². The Balaban J connectivity index is 1.92. The Bertz CT molecular complexity index is 885. The van der Waals surface area contributed by atoms with E-state index in [1.165, 1.54) is 0 Å². The Morgan fingerprint density at radius 2 is 1.95 bits per heavy atom. The Hall–Kier alpha value is -2.50. The lowest BCUT2D eigenvalue weighted by atomic mass is 10.0. The third kappa shape index (κ3) is 1.94. The number of halogens is 2. The first-order chi connectivity index (χ1) is 10.6. The molecule has 0 saturated heterocycles. The van der Waals surface area contributed by atoms with Crippen LogP contribution in [0, 0.1) is 18.6 Å². The first-order valence-corrected chi connectivity index (χ1v) is 7.21. The van der Waals surface area contributed by atoms with E-state index in [1.807, 2.05) is 13.0 Å². The number of nitrogens with zero attached hydrogens (tertiary/aromatic N) is 2. The molecular formula is C16H14F2N4. The fraction of sp³-hybridized carbons (Fsp3) is 0.250. The van der Waals surface area contributed by atoms with Crippen molar-refractivity contribution in [3.8, 4) is 11.4 Å². The lowest BCUT2D eigenvalue weighted by molar-refractivity contribution is 0.511. The summed E-state index contributed by atoms with van der Waals surface area (Å²) in [6.45, 7) is 2.96. The van der Waals surface area contributed by atoms with Crippen LogP contribution in [-0.4, -0.2) is 21.7 Å². The minimum Gasteiger partial charge on any atom is -0.383 e. The van der Waals surface area contributed by atoms with Gasteiger partial charge >= 0.3 is 0 Å². The zero-order valence-electron chi connectivity index (χ0n) is 12.0. The summed E-state index contributed by atoms with van der Waals surface area (Å²) in [6.07, 6.45) is 1.94. The van der Waals surface area contributed by atoms with Crippen LogP contribution in [0.5, 0.6) is 0 Å². The maximum Gasteiger partial charge on any atom is 0.160 e. The first-order valence-electron chi connectivity index (χ1n) is 7.21. The Morgan fingerprint density at radius 1 is 1.14 bits per heavy atom. The van der Waals surface area contributed by atoms with Crippen molar-refractivity contribution in [2.75, 3.05) is 11.9 Å². The quantitative estimate of drug-likeness (QED) is 0.722. The van der Waals surface area contributed by atoms with Gasteiger partial charge in [-0.1, -0.05) is 0 Å². The molecule has 3 aromatic rings. The van der Waals surface area contributed by atoms with Gasteiger partial charge in [-0.25, -0.2) is 13.8 Å². The molecule has 0 aliphatic carbocycles. The molecule has 0 bridgehead atoms. The lowest BCUT2D eigenvalue weighted by Crippen LogP contribution is -2.14. The summed E-state index contributed by atoms with van der Waals surface area (Å²) < 4.78 is 26.8. The number of aromatic nitrogens is 3. The number of nitrogens with one attached hydrogen (secondary N) is 2. The number of aryl methyl sites for hydroxylation is 2. The van der Waals surface area contributed by atoms with E-state index in [0.717, 1.165) is 48.5 Å². The van der Waals surface area contributed by atoms with Crippen LogP contribution in [-0.2, 0) is 6.42 Å². The van der Waals surface area contributed by atoms with Crippen LogP contribution in [0.1, 0.15) is 17.7 Å². The Labute approximate surface area is 125 Å². The van der Waals surface area contributed by atoms with Gasteiger partial charge in [-0.3, -0.25) is 5.10 Å². The van der Waals surface area contributed by atoms with E-state index in [0.29, 0.717) is 22.3 Å². The number of aromatic amines is 1. The minimum absolute atomic E-state index is 0.462. The van der Waals surface area contributed by atoms with Crippen molar-refractivity contribution in [1.82, 2.24) is 15.2 Å². The molecule has 4 nitrogen and oxygen atoms in total. The van der Waals surface area contributed by atoms with Crippen LogP contribution >= 0.6 is 0 Å². The summed E-state index contributed by atoms with van der Waals surface area (Å²) in [5.41, 5.74) is 4.84. The van der Waals surface area contributed by atoms with Gasteiger partial charge in [0.05, 0.1) is 22.6 Å². The van der Waals surface area contributed by atoms with E-state index in [2.05, 4.69) is 20.5 Å². The van der Waals surface area contributed by atoms with Crippen LogP contribution < -0.4 is 5.32 Å².